The Balaban J connectivity index is 2.48. The van der Waals surface area contributed by atoms with Crippen molar-refractivity contribution < 1.29 is 36.3 Å². The smallest absolute Gasteiger partial charge is 0.221 e. The lowest BCUT2D eigenvalue weighted by Gasteiger charge is -2.14. The van der Waals surface area contributed by atoms with E-state index >= 15 is 0 Å². The zero-order chi connectivity index (χ0) is 19.6. The molecule has 0 heterocycles. The molecular formula is C16H11F5N2O3. The molecule has 2 amide bonds. The highest BCUT2D eigenvalue weighted by atomic mass is 19.2. The highest BCUT2D eigenvalue weighted by molar-refractivity contribution is 5.98. The van der Waals surface area contributed by atoms with Gasteiger partial charge in [-0.3, -0.25) is 9.59 Å². The molecule has 0 saturated heterocycles. The van der Waals surface area contributed by atoms with Crippen molar-refractivity contribution in [1.82, 2.24) is 0 Å². The Morgan fingerprint density at radius 2 is 1.23 bits per heavy atom. The standard InChI is InChI=1S/C16H11F5N2O3/c1-6(24)22-9-4-3-8(5-10(9)23-7(2)25)26-16-14(20)12(18)11(17)13(19)15(16)21/h3-5H,1-2H3,(H,22,24)(H,23,25). The number of rotatable bonds is 4. The molecule has 0 aliphatic rings. The number of halogens is 5. The average molecular weight is 374 g/mol. The van der Waals surface area contributed by atoms with E-state index in [4.69, 9.17) is 4.74 Å². The SMILES string of the molecule is CC(=O)Nc1ccc(Oc2c(F)c(F)c(F)c(F)c2F)cc1NC(C)=O. The Morgan fingerprint density at radius 1 is 0.769 bits per heavy atom. The summed E-state index contributed by atoms with van der Waals surface area (Å²) in [4.78, 5) is 22.4. The van der Waals surface area contributed by atoms with Crippen LogP contribution in [0.15, 0.2) is 18.2 Å². The summed E-state index contributed by atoms with van der Waals surface area (Å²) in [5.74, 6) is -13.8. The number of ether oxygens (including phenoxy) is 1. The van der Waals surface area contributed by atoms with Gasteiger partial charge in [0.2, 0.25) is 46.6 Å². The lowest BCUT2D eigenvalue weighted by Crippen LogP contribution is -2.12. The van der Waals surface area contributed by atoms with Gasteiger partial charge in [0, 0.05) is 19.9 Å². The molecule has 2 aromatic carbocycles. The van der Waals surface area contributed by atoms with Crippen LogP contribution in [-0.4, -0.2) is 11.8 Å². The van der Waals surface area contributed by atoms with Crippen LogP contribution in [0.3, 0.4) is 0 Å². The van der Waals surface area contributed by atoms with E-state index in [0.717, 1.165) is 19.1 Å². The summed E-state index contributed by atoms with van der Waals surface area (Å²) in [5.41, 5.74) is 0.131. The summed E-state index contributed by atoms with van der Waals surface area (Å²) in [6, 6.07) is 3.37. The van der Waals surface area contributed by atoms with Crippen molar-refractivity contribution in [3.63, 3.8) is 0 Å². The van der Waals surface area contributed by atoms with Gasteiger partial charge >= 0.3 is 0 Å². The van der Waals surface area contributed by atoms with E-state index in [1.165, 1.54) is 13.0 Å². The number of carbonyl (C=O) groups excluding carboxylic acids is 2. The molecule has 0 aliphatic heterocycles. The fraction of sp³-hybridized carbons (Fsp3) is 0.125. The van der Waals surface area contributed by atoms with Gasteiger partial charge in [0.1, 0.15) is 5.75 Å². The van der Waals surface area contributed by atoms with Gasteiger partial charge in [0.25, 0.3) is 0 Å². The van der Waals surface area contributed by atoms with Crippen LogP contribution >= 0.6 is 0 Å². The number of benzene rings is 2. The van der Waals surface area contributed by atoms with Crippen molar-refractivity contribution in [2.45, 2.75) is 13.8 Å². The second-order valence-electron chi connectivity index (χ2n) is 5.07. The van der Waals surface area contributed by atoms with Crippen LogP contribution < -0.4 is 15.4 Å². The van der Waals surface area contributed by atoms with Crippen LogP contribution in [-0.2, 0) is 9.59 Å². The molecule has 0 saturated carbocycles. The molecule has 0 spiro atoms. The van der Waals surface area contributed by atoms with Crippen LogP contribution in [0, 0.1) is 29.1 Å². The first-order valence-electron chi connectivity index (χ1n) is 7.00. The first-order valence-corrected chi connectivity index (χ1v) is 7.00. The van der Waals surface area contributed by atoms with Crippen molar-refractivity contribution in [1.29, 1.82) is 0 Å². The fourth-order valence-electron chi connectivity index (χ4n) is 1.97. The normalized spacial score (nSPS) is 10.4. The molecule has 0 atom stereocenters. The number of amides is 2. The maximum atomic E-state index is 13.7. The molecule has 0 aromatic heterocycles. The Morgan fingerprint density at radius 3 is 1.73 bits per heavy atom. The maximum Gasteiger partial charge on any atom is 0.221 e. The van der Waals surface area contributed by atoms with Crippen molar-refractivity contribution in [2.75, 3.05) is 10.6 Å². The fourth-order valence-corrected chi connectivity index (χ4v) is 1.97. The van der Waals surface area contributed by atoms with Gasteiger partial charge in [-0.1, -0.05) is 0 Å². The number of hydrogen-bond acceptors (Lipinski definition) is 3. The second-order valence-corrected chi connectivity index (χ2v) is 5.07. The molecule has 10 heteroatoms. The number of hydrogen-bond donors (Lipinski definition) is 2. The number of anilines is 2. The minimum atomic E-state index is -2.31. The van der Waals surface area contributed by atoms with Gasteiger partial charge in [-0.25, -0.2) is 13.2 Å². The molecule has 0 radical (unpaired) electrons. The average Bonchev–Trinajstić information content (AvgIpc) is 2.56. The highest BCUT2D eigenvalue weighted by Gasteiger charge is 2.27. The van der Waals surface area contributed by atoms with Gasteiger partial charge in [-0.15, -0.1) is 0 Å². The molecule has 138 valence electrons. The summed E-state index contributed by atoms with van der Waals surface area (Å²) in [5, 5.41) is 4.73. The van der Waals surface area contributed by atoms with Crippen LogP contribution in [0.25, 0.3) is 0 Å². The summed E-state index contributed by atoms with van der Waals surface area (Å²) in [7, 11) is 0. The molecule has 0 aliphatic carbocycles. The third-order valence-electron chi connectivity index (χ3n) is 3.00. The highest BCUT2D eigenvalue weighted by Crippen LogP contribution is 2.35. The summed E-state index contributed by atoms with van der Waals surface area (Å²) >= 11 is 0. The van der Waals surface area contributed by atoms with Crippen molar-refractivity contribution in [3.05, 3.63) is 47.3 Å². The first kappa shape index (κ1) is 19.2. The predicted molar refractivity (Wildman–Crippen MR) is 81.4 cm³/mol. The predicted octanol–water partition coefficient (Wildman–Crippen LogP) is 4.09. The largest absolute Gasteiger partial charge is 0.451 e. The zero-order valence-corrected chi connectivity index (χ0v) is 13.3. The Hall–Kier alpha value is -3.17. The lowest BCUT2D eigenvalue weighted by molar-refractivity contribution is -0.115. The molecule has 0 unspecified atom stereocenters. The molecule has 26 heavy (non-hydrogen) atoms. The van der Waals surface area contributed by atoms with E-state index in [2.05, 4.69) is 10.6 Å². The Kier molecular flexibility index (Phi) is 5.44. The van der Waals surface area contributed by atoms with Crippen LogP contribution in [0.1, 0.15) is 13.8 Å². The molecule has 2 aromatic rings. The number of nitrogens with one attached hydrogen (secondary N) is 2. The molecule has 2 N–H and O–H groups in total. The Labute approximate surface area is 143 Å². The first-order chi connectivity index (χ1) is 12.1. The van der Waals surface area contributed by atoms with Crippen LogP contribution in [0.2, 0.25) is 0 Å². The van der Waals surface area contributed by atoms with Crippen molar-refractivity contribution in [2.24, 2.45) is 0 Å². The van der Waals surface area contributed by atoms with Gasteiger partial charge in [-0.05, 0) is 12.1 Å². The Bertz CT molecular complexity index is 873. The van der Waals surface area contributed by atoms with E-state index in [1.54, 1.807) is 0 Å². The molecule has 5 nitrogen and oxygen atoms in total. The van der Waals surface area contributed by atoms with E-state index in [-0.39, 0.29) is 17.1 Å². The van der Waals surface area contributed by atoms with Crippen molar-refractivity contribution >= 4 is 23.2 Å². The zero-order valence-electron chi connectivity index (χ0n) is 13.3. The molecular weight excluding hydrogens is 363 g/mol. The summed E-state index contributed by atoms with van der Waals surface area (Å²) in [6.07, 6.45) is 0. The van der Waals surface area contributed by atoms with Crippen molar-refractivity contribution in [3.8, 4) is 11.5 Å². The monoisotopic (exact) mass is 374 g/mol. The molecule has 2 rings (SSSR count). The van der Waals surface area contributed by atoms with Gasteiger partial charge in [-0.2, -0.15) is 8.78 Å². The lowest BCUT2D eigenvalue weighted by atomic mass is 10.2. The molecule has 0 bridgehead atoms. The van der Waals surface area contributed by atoms with E-state index in [9.17, 15) is 31.5 Å². The quantitative estimate of drug-likeness (QED) is 0.481. The summed E-state index contributed by atoms with van der Waals surface area (Å²) in [6.45, 7) is 2.37. The number of carbonyl (C=O) groups is 2. The summed E-state index contributed by atoms with van der Waals surface area (Å²) < 4.78 is 71.6. The van der Waals surface area contributed by atoms with E-state index in [0.29, 0.717) is 0 Å². The topological polar surface area (TPSA) is 67.4 Å². The van der Waals surface area contributed by atoms with Gasteiger partial charge in [0.15, 0.2) is 0 Å². The third kappa shape index (κ3) is 3.90. The minimum absolute atomic E-state index is 0.00549. The van der Waals surface area contributed by atoms with E-state index in [1.807, 2.05) is 0 Å². The third-order valence-corrected chi connectivity index (χ3v) is 3.00. The van der Waals surface area contributed by atoms with Gasteiger partial charge in [0.05, 0.1) is 11.4 Å². The molecule has 0 fully saturated rings. The second kappa shape index (κ2) is 7.38. The van der Waals surface area contributed by atoms with Gasteiger partial charge < -0.3 is 15.4 Å². The maximum absolute atomic E-state index is 13.7. The van der Waals surface area contributed by atoms with E-state index < -0.39 is 46.6 Å². The minimum Gasteiger partial charge on any atom is -0.451 e. The van der Waals surface area contributed by atoms with Crippen LogP contribution in [0.5, 0.6) is 11.5 Å². The van der Waals surface area contributed by atoms with Crippen LogP contribution in [0.4, 0.5) is 33.3 Å².